The van der Waals surface area contributed by atoms with Crippen molar-refractivity contribution in [3.8, 4) is 11.3 Å². The van der Waals surface area contributed by atoms with Crippen LogP contribution in [0.3, 0.4) is 0 Å². The van der Waals surface area contributed by atoms with Crippen LogP contribution in [0.15, 0.2) is 60.7 Å². The van der Waals surface area contributed by atoms with E-state index in [1.807, 2.05) is 6.07 Å². The summed E-state index contributed by atoms with van der Waals surface area (Å²) in [5.41, 5.74) is 4.57. The summed E-state index contributed by atoms with van der Waals surface area (Å²) in [6, 6.07) is 21.0. The molecule has 0 saturated carbocycles. The summed E-state index contributed by atoms with van der Waals surface area (Å²) < 4.78 is 0. The van der Waals surface area contributed by atoms with E-state index >= 15 is 0 Å². The number of rotatable bonds is 6. The SMILES string of the molecule is CCN1CCN(c2cc(-c3ccccc3)nc(NCc3cccc(C)c3)n2)CC1. The summed E-state index contributed by atoms with van der Waals surface area (Å²) in [5, 5.41) is 3.44. The van der Waals surface area contributed by atoms with Gasteiger partial charge in [0.25, 0.3) is 0 Å². The standard InChI is InChI=1S/C24H29N5/c1-3-28-12-14-29(15-13-28)23-17-22(21-10-5-4-6-11-21)26-24(27-23)25-18-20-9-7-8-19(2)16-20/h4-11,16-17H,3,12-15,18H2,1-2H3,(H,25,26,27). The molecule has 1 aromatic heterocycles. The van der Waals surface area contributed by atoms with Crippen molar-refractivity contribution in [3.05, 3.63) is 71.8 Å². The number of aromatic nitrogens is 2. The molecule has 1 N–H and O–H groups in total. The van der Waals surface area contributed by atoms with E-state index in [1.54, 1.807) is 0 Å². The molecule has 4 rings (SSSR count). The Morgan fingerprint density at radius 1 is 0.897 bits per heavy atom. The minimum Gasteiger partial charge on any atom is -0.354 e. The van der Waals surface area contributed by atoms with E-state index in [1.165, 1.54) is 11.1 Å². The Kier molecular flexibility index (Phi) is 6.06. The number of anilines is 2. The zero-order valence-corrected chi connectivity index (χ0v) is 17.3. The van der Waals surface area contributed by atoms with E-state index in [9.17, 15) is 0 Å². The molecule has 2 aromatic carbocycles. The van der Waals surface area contributed by atoms with Crippen molar-refractivity contribution in [1.82, 2.24) is 14.9 Å². The second-order valence-corrected chi connectivity index (χ2v) is 7.56. The fraction of sp³-hybridized carbons (Fsp3) is 0.333. The molecule has 0 bridgehead atoms. The zero-order chi connectivity index (χ0) is 20.1. The molecule has 2 heterocycles. The summed E-state index contributed by atoms with van der Waals surface area (Å²) >= 11 is 0. The van der Waals surface area contributed by atoms with Gasteiger partial charge in [-0.3, -0.25) is 0 Å². The van der Waals surface area contributed by atoms with E-state index in [-0.39, 0.29) is 0 Å². The van der Waals surface area contributed by atoms with Crippen molar-refractivity contribution in [2.75, 3.05) is 42.9 Å². The molecule has 5 heteroatoms. The fourth-order valence-corrected chi connectivity index (χ4v) is 3.73. The van der Waals surface area contributed by atoms with Crippen LogP contribution >= 0.6 is 0 Å². The maximum Gasteiger partial charge on any atom is 0.225 e. The minimum atomic E-state index is 0.681. The topological polar surface area (TPSA) is 44.3 Å². The second-order valence-electron chi connectivity index (χ2n) is 7.56. The predicted octanol–water partition coefficient (Wildman–Crippen LogP) is 4.21. The quantitative estimate of drug-likeness (QED) is 0.687. The Hall–Kier alpha value is -2.92. The molecule has 0 aliphatic carbocycles. The Balaban J connectivity index is 1.59. The molecule has 0 amide bonds. The monoisotopic (exact) mass is 387 g/mol. The van der Waals surface area contributed by atoms with E-state index in [0.717, 1.165) is 49.8 Å². The molecule has 1 fully saturated rings. The van der Waals surface area contributed by atoms with Crippen molar-refractivity contribution in [1.29, 1.82) is 0 Å². The molecule has 5 nitrogen and oxygen atoms in total. The van der Waals surface area contributed by atoms with Gasteiger partial charge < -0.3 is 15.1 Å². The summed E-state index contributed by atoms with van der Waals surface area (Å²) in [4.78, 5) is 14.5. The number of nitrogens with zero attached hydrogens (tertiary/aromatic N) is 4. The normalized spacial score (nSPS) is 14.8. The summed E-state index contributed by atoms with van der Waals surface area (Å²) in [6.45, 7) is 10.3. The van der Waals surface area contributed by atoms with Gasteiger partial charge in [0.05, 0.1) is 5.69 Å². The average molecular weight is 388 g/mol. The van der Waals surface area contributed by atoms with Gasteiger partial charge in [-0.25, -0.2) is 4.98 Å². The molecule has 1 saturated heterocycles. The van der Waals surface area contributed by atoms with Crippen LogP contribution in [0.5, 0.6) is 0 Å². The van der Waals surface area contributed by atoms with Crippen LogP contribution < -0.4 is 10.2 Å². The van der Waals surface area contributed by atoms with E-state index in [2.05, 4.69) is 83.6 Å². The van der Waals surface area contributed by atoms with E-state index < -0.39 is 0 Å². The summed E-state index contributed by atoms with van der Waals surface area (Å²) in [6.07, 6.45) is 0. The van der Waals surface area contributed by atoms with Crippen LogP contribution in [0.4, 0.5) is 11.8 Å². The molecule has 3 aromatic rings. The Morgan fingerprint density at radius 2 is 1.69 bits per heavy atom. The van der Waals surface area contributed by atoms with Gasteiger partial charge in [0, 0.05) is 44.4 Å². The van der Waals surface area contributed by atoms with Gasteiger partial charge >= 0.3 is 0 Å². The van der Waals surface area contributed by atoms with Crippen molar-refractivity contribution < 1.29 is 0 Å². The number of nitrogens with one attached hydrogen (secondary N) is 1. The van der Waals surface area contributed by atoms with Gasteiger partial charge in [-0.1, -0.05) is 67.1 Å². The molecule has 29 heavy (non-hydrogen) atoms. The highest BCUT2D eigenvalue weighted by Gasteiger charge is 2.18. The molecule has 150 valence electrons. The molecule has 0 unspecified atom stereocenters. The largest absolute Gasteiger partial charge is 0.354 e. The van der Waals surface area contributed by atoms with Gasteiger partial charge in [-0.15, -0.1) is 0 Å². The molecular formula is C24H29N5. The van der Waals surface area contributed by atoms with E-state index in [4.69, 9.17) is 9.97 Å². The Labute approximate surface area is 173 Å². The fourth-order valence-electron chi connectivity index (χ4n) is 3.73. The lowest BCUT2D eigenvalue weighted by atomic mass is 10.1. The molecule has 1 aliphatic heterocycles. The van der Waals surface area contributed by atoms with Crippen LogP contribution in [-0.4, -0.2) is 47.6 Å². The Morgan fingerprint density at radius 3 is 2.41 bits per heavy atom. The van der Waals surface area contributed by atoms with Gasteiger partial charge in [-0.2, -0.15) is 4.98 Å². The predicted molar refractivity (Wildman–Crippen MR) is 120 cm³/mol. The van der Waals surface area contributed by atoms with Crippen LogP contribution in [0.1, 0.15) is 18.1 Å². The zero-order valence-electron chi connectivity index (χ0n) is 17.3. The third-order valence-corrected chi connectivity index (χ3v) is 5.46. The number of hydrogen-bond donors (Lipinski definition) is 1. The third kappa shape index (κ3) is 4.93. The lowest BCUT2D eigenvalue weighted by molar-refractivity contribution is 0.270. The first-order valence-corrected chi connectivity index (χ1v) is 10.4. The van der Waals surface area contributed by atoms with Gasteiger partial charge in [0.2, 0.25) is 5.95 Å². The van der Waals surface area contributed by atoms with Crippen molar-refractivity contribution in [2.45, 2.75) is 20.4 Å². The summed E-state index contributed by atoms with van der Waals surface area (Å²) in [7, 11) is 0. The van der Waals surface area contributed by atoms with Crippen molar-refractivity contribution in [2.24, 2.45) is 0 Å². The highest BCUT2D eigenvalue weighted by molar-refractivity contribution is 5.65. The number of hydrogen-bond acceptors (Lipinski definition) is 5. The number of piperazine rings is 1. The van der Waals surface area contributed by atoms with E-state index in [0.29, 0.717) is 12.5 Å². The number of likely N-dealkylation sites (N-methyl/N-ethyl adjacent to an activating group) is 1. The van der Waals surface area contributed by atoms with Gasteiger partial charge in [0.15, 0.2) is 0 Å². The lowest BCUT2D eigenvalue weighted by Crippen LogP contribution is -2.46. The first kappa shape index (κ1) is 19.4. The smallest absolute Gasteiger partial charge is 0.225 e. The first-order valence-electron chi connectivity index (χ1n) is 10.4. The lowest BCUT2D eigenvalue weighted by Gasteiger charge is -2.35. The van der Waals surface area contributed by atoms with Gasteiger partial charge in [0.1, 0.15) is 5.82 Å². The van der Waals surface area contributed by atoms with Crippen LogP contribution in [0, 0.1) is 6.92 Å². The van der Waals surface area contributed by atoms with Gasteiger partial charge in [-0.05, 0) is 19.0 Å². The molecule has 0 radical (unpaired) electrons. The number of aryl methyl sites for hydroxylation is 1. The maximum absolute atomic E-state index is 4.86. The summed E-state index contributed by atoms with van der Waals surface area (Å²) in [5.74, 6) is 1.68. The highest BCUT2D eigenvalue weighted by atomic mass is 15.3. The minimum absolute atomic E-state index is 0.681. The Bertz CT molecular complexity index is 933. The molecule has 1 aliphatic rings. The third-order valence-electron chi connectivity index (χ3n) is 5.46. The molecular weight excluding hydrogens is 358 g/mol. The van der Waals surface area contributed by atoms with Crippen LogP contribution in [-0.2, 0) is 6.54 Å². The van der Waals surface area contributed by atoms with Crippen molar-refractivity contribution >= 4 is 11.8 Å². The second kappa shape index (κ2) is 9.05. The van der Waals surface area contributed by atoms with Crippen LogP contribution in [0.25, 0.3) is 11.3 Å². The number of benzene rings is 2. The molecule has 0 spiro atoms. The van der Waals surface area contributed by atoms with Crippen LogP contribution in [0.2, 0.25) is 0 Å². The maximum atomic E-state index is 4.86. The average Bonchev–Trinajstić information content (AvgIpc) is 2.78. The first-order chi connectivity index (χ1) is 14.2. The molecule has 0 atom stereocenters. The highest BCUT2D eigenvalue weighted by Crippen LogP contribution is 2.24. The van der Waals surface area contributed by atoms with Crippen molar-refractivity contribution in [3.63, 3.8) is 0 Å².